The van der Waals surface area contributed by atoms with Crippen molar-refractivity contribution >= 4 is 17.8 Å². The predicted octanol–water partition coefficient (Wildman–Crippen LogP) is 3.47. The number of aliphatic carboxylic acids is 2. The number of alkyl halides is 6. The van der Waals surface area contributed by atoms with E-state index >= 15 is 0 Å². The second kappa shape index (κ2) is 12.9. The number of nitrogens with zero attached hydrogens (tertiary/aromatic N) is 5. The summed E-state index contributed by atoms with van der Waals surface area (Å²) in [6.07, 6.45) is -4.52. The number of nitrogens with one attached hydrogen (secondary N) is 1. The Hall–Kier alpha value is -4.15. The summed E-state index contributed by atoms with van der Waals surface area (Å²) in [5, 5.41) is 25.7. The van der Waals surface area contributed by atoms with Crippen molar-refractivity contribution in [3.8, 4) is 0 Å². The summed E-state index contributed by atoms with van der Waals surface area (Å²) in [5.74, 6) is -3.63. The highest BCUT2D eigenvalue weighted by Gasteiger charge is 2.38. The molecule has 0 radical (unpaired) electrons. The van der Waals surface area contributed by atoms with Gasteiger partial charge in [0.25, 0.3) is 0 Å². The van der Waals surface area contributed by atoms with Gasteiger partial charge in [-0.25, -0.2) is 14.6 Å². The van der Waals surface area contributed by atoms with Gasteiger partial charge in [0.2, 0.25) is 0 Å². The number of fused-ring (bicyclic) bond motifs is 1. The lowest BCUT2D eigenvalue weighted by Gasteiger charge is -2.26. The van der Waals surface area contributed by atoms with Crippen LogP contribution >= 0.6 is 0 Å². The average Bonchev–Trinajstić information content (AvgIpc) is 3.47. The van der Waals surface area contributed by atoms with Crippen LogP contribution in [0, 0.1) is 6.92 Å². The summed E-state index contributed by atoms with van der Waals surface area (Å²) in [5.41, 5.74) is 3.14. The number of carboxylic acids is 2. The summed E-state index contributed by atoms with van der Waals surface area (Å²) in [6.45, 7) is 6.32. The first-order valence-electron chi connectivity index (χ1n) is 10.6. The number of halogens is 6. The Bertz CT molecular complexity index is 1150. The van der Waals surface area contributed by atoms with Crippen molar-refractivity contribution in [1.29, 1.82) is 0 Å². The van der Waals surface area contributed by atoms with Gasteiger partial charge in [-0.2, -0.15) is 31.4 Å². The Labute approximate surface area is 210 Å². The molecule has 0 aliphatic carbocycles. The zero-order valence-electron chi connectivity index (χ0n) is 19.6. The van der Waals surface area contributed by atoms with Crippen LogP contribution in [0.1, 0.15) is 22.8 Å². The highest BCUT2D eigenvalue weighted by molar-refractivity contribution is 5.73. The number of carbonyl (C=O) groups is 2. The Kier molecular flexibility index (Phi) is 10.2. The number of hydrogen-bond acceptors (Lipinski definition) is 8. The lowest BCUT2D eigenvalue weighted by atomic mass is 10.3. The third-order valence-corrected chi connectivity index (χ3v) is 4.65. The van der Waals surface area contributed by atoms with Gasteiger partial charge in [-0.05, 0) is 25.1 Å². The average molecular weight is 552 g/mol. The molecule has 3 N–H and O–H groups in total. The molecule has 0 atom stereocenters. The number of imidazole rings is 1. The van der Waals surface area contributed by atoms with E-state index in [0.29, 0.717) is 6.54 Å². The first-order valence-corrected chi connectivity index (χ1v) is 10.6. The van der Waals surface area contributed by atoms with E-state index in [-0.39, 0.29) is 0 Å². The molecule has 4 heterocycles. The van der Waals surface area contributed by atoms with Crippen molar-refractivity contribution in [1.82, 2.24) is 24.6 Å². The van der Waals surface area contributed by atoms with Crippen molar-refractivity contribution in [3.05, 3.63) is 59.7 Å². The van der Waals surface area contributed by atoms with Crippen molar-refractivity contribution < 1.29 is 50.6 Å². The second-order valence-electron chi connectivity index (χ2n) is 7.70. The monoisotopic (exact) mass is 552 g/mol. The molecule has 4 rings (SSSR count). The minimum Gasteiger partial charge on any atom is -0.475 e. The Morgan fingerprint density at radius 2 is 1.66 bits per heavy atom. The van der Waals surface area contributed by atoms with E-state index < -0.39 is 24.3 Å². The van der Waals surface area contributed by atoms with Crippen LogP contribution < -0.4 is 5.32 Å². The summed E-state index contributed by atoms with van der Waals surface area (Å²) < 4.78 is 70.9. The summed E-state index contributed by atoms with van der Waals surface area (Å²) in [6, 6.07) is 5.89. The van der Waals surface area contributed by atoms with Crippen LogP contribution in [0.3, 0.4) is 0 Å². The van der Waals surface area contributed by atoms with Gasteiger partial charge >= 0.3 is 24.3 Å². The number of aryl methyl sites for hydroxylation is 1. The molecular formula is C21H22F6N6O5. The molecule has 0 spiro atoms. The normalized spacial score (nSPS) is 13.3. The van der Waals surface area contributed by atoms with Gasteiger partial charge in [-0.3, -0.25) is 4.90 Å². The van der Waals surface area contributed by atoms with E-state index in [9.17, 15) is 26.3 Å². The zero-order chi connectivity index (χ0) is 28.5. The first-order chi connectivity index (χ1) is 17.6. The zero-order valence-corrected chi connectivity index (χ0v) is 19.6. The van der Waals surface area contributed by atoms with Crippen LogP contribution in [0.15, 0.2) is 41.3 Å². The molecule has 0 saturated carbocycles. The Balaban J connectivity index is 0.000000301. The van der Waals surface area contributed by atoms with Crippen LogP contribution in [0.4, 0.5) is 32.2 Å². The van der Waals surface area contributed by atoms with Crippen molar-refractivity contribution in [2.24, 2.45) is 0 Å². The molecule has 0 amide bonds. The van der Waals surface area contributed by atoms with Crippen LogP contribution in [0.5, 0.6) is 0 Å². The van der Waals surface area contributed by atoms with E-state index in [0.717, 1.165) is 49.2 Å². The molecule has 208 valence electrons. The SMILES string of the molecule is Cc1ccc(NCc2cn3c(n2)CN(Cc2ccoc2)CC3)nn1.O=C(O)C(F)(F)F.O=C(O)C(F)(F)F. The number of furan rings is 1. The van der Waals surface area contributed by atoms with Crippen LogP contribution in [0.2, 0.25) is 0 Å². The highest BCUT2D eigenvalue weighted by Crippen LogP contribution is 2.17. The molecule has 17 heteroatoms. The van der Waals surface area contributed by atoms with Gasteiger partial charge in [-0.15, -0.1) is 5.10 Å². The largest absolute Gasteiger partial charge is 0.490 e. The van der Waals surface area contributed by atoms with E-state index in [2.05, 4.69) is 31.2 Å². The summed E-state index contributed by atoms with van der Waals surface area (Å²) in [7, 11) is 0. The van der Waals surface area contributed by atoms with Crippen LogP contribution in [-0.4, -0.2) is 65.7 Å². The molecule has 1 aliphatic rings. The second-order valence-corrected chi connectivity index (χ2v) is 7.70. The Morgan fingerprint density at radius 1 is 1.03 bits per heavy atom. The fourth-order valence-corrected chi connectivity index (χ4v) is 2.90. The van der Waals surface area contributed by atoms with Crippen molar-refractivity contribution in [2.75, 3.05) is 11.9 Å². The Morgan fingerprint density at radius 3 is 2.16 bits per heavy atom. The third kappa shape index (κ3) is 10.1. The lowest BCUT2D eigenvalue weighted by Crippen LogP contribution is -2.33. The highest BCUT2D eigenvalue weighted by atomic mass is 19.4. The molecule has 0 unspecified atom stereocenters. The molecule has 11 nitrogen and oxygen atoms in total. The fourth-order valence-electron chi connectivity index (χ4n) is 2.90. The minimum atomic E-state index is -5.08. The summed E-state index contributed by atoms with van der Waals surface area (Å²) >= 11 is 0. The van der Waals surface area contributed by atoms with Gasteiger partial charge in [0.15, 0.2) is 0 Å². The van der Waals surface area contributed by atoms with E-state index in [1.165, 1.54) is 5.56 Å². The van der Waals surface area contributed by atoms with Gasteiger partial charge in [0.05, 0.1) is 37.0 Å². The molecule has 3 aromatic rings. The maximum Gasteiger partial charge on any atom is 0.490 e. The number of hydrogen-bond donors (Lipinski definition) is 3. The van der Waals surface area contributed by atoms with Gasteiger partial charge in [-0.1, -0.05) is 0 Å². The molecule has 3 aromatic heterocycles. The fraction of sp³-hybridized carbons (Fsp3) is 0.381. The third-order valence-electron chi connectivity index (χ3n) is 4.65. The van der Waals surface area contributed by atoms with Gasteiger partial charge < -0.3 is 24.5 Å². The predicted molar refractivity (Wildman–Crippen MR) is 117 cm³/mol. The quantitative estimate of drug-likeness (QED) is 0.402. The molecule has 38 heavy (non-hydrogen) atoms. The van der Waals surface area contributed by atoms with Gasteiger partial charge in [0.1, 0.15) is 11.6 Å². The topological polar surface area (TPSA) is 147 Å². The van der Waals surface area contributed by atoms with E-state index in [1.54, 1.807) is 12.5 Å². The number of aromatic nitrogens is 4. The van der Waals surface area contributed by atoms with E-state index in [1.807, 2.05) is 25.1 Å². The minimum absolute atomic E-state index is 0.652. The van der Waals surface area contributed by atoms with Crippen LogP contribution in [-0.2, 0) is 35.8 Å². The maximum atomic E-state index is 10.6. The number of anilines is 1. The maximum absolute atomic E-state index is 10.6. The van der Waals surface area contributed by atoms with Gasteiger partial charge in [0, 0.05) is 31.4 Å². The molecular weight excluding hydrogens is 530 g/mol. The smallest absolute Gasteiger partial charge is 0.475 e. The van der Waals surface area contributed by atoms with E-state index in [4.69, 9.17) is 29.2 Å². The van der Waals surface area contributed by atoms with Crippen molar-refractivity contribution in [2.45, 2.75) is 45.5 Å². The number of rotatable bonds is 5. The molecule has 0 aromatic carbocycles. The van der Waals surface area contributed by atoms with Crippen LogP contribution in [0.25, 0.3) is 0 Å². The molecule has 0 fully saturated rings. The first kappa shape index (κ1) is 30.1. The standard InChI is InChI=1S/C17H20N6O.2C2HF3O2/c1-13-2-3-16(21-20-13)18-8-15-10-23-6-5-22(11-17(23)19-15)9-14-4-7-24-12-14;2*3-2(4,5)1(6)7/h2-4,7,10,12H,5-6,8-9,11H2,1H3,(H,18,21);2*(H,6,7). The molecule has 1 aliphatic heterocycles. The van der Waals surface area contributed by atoms with Crippen molar-refractivity contribution in [3.63, 3.8) is 0 Å². The number of carboxylic acid groups (broad SMARTS) is 2. The lowest BCUT2D eigenvalue weighted by molar-refractivity contribution is -0.193. The molecule has 0 bridgehead atoms. The molecule has 0 saturated heterocycles. The summed E-state index contributed by atoms with van der Waals surface area (Å²) in [4.78, 5) is 24.9.